The molecule has 0 radical (unpaired) electrons. The van der Waals surface area contributed by atoms with Gasteiger partial charge in [-0.05, 0) is 144 Å². The van der Waals surface area contributed by atoms with Crippen molar-refractivity contribution in [2.75, 3.05) is 0 Å². The standard InChI is InChI=1S/2C20H12FNO4S.2C20H12N2O6S.C19H11N3O6S/c21-15-8-4-5-9-18(15)27(25,26)22-12-14(13-6-2-1-3-7-13)19-16(22)10-11-17(23)20(19)24;21-14-6-8-15(9-7-14)27(25,26)22-12-16(13-4-2-1-3-5-13)19-17(22)10-11-18(23)20(19)24;23-17-11-10-16-19(20(17)24)14(13-6-2-1-3-7-13)12-21(16)29(27,28)18-9-5-4-8-15(18)22(25)26;23-18-10-9-17-19(20(18)24)16(13-5-2-1-3-6-13)12-21(17)29(27,28)15-8-4-7-14(11-15)22(25)26;23-16-11-10-15-17(19(16)24)18(12-4-2-1-3-5-12)20-21(15)29(27,28)14-8-6-13(7-9-14)22(25)26/h2*1-12H;2*1-12H;1-11H. The van der Waals surface area contributed by atoms with Gasteiger partial charge in [0, 0.05) is 82.9 Å². The van der Waals surface area contributed by atoms with E-state index in [0.717, 1.165) is 125 Å². The van der Waals surface area contributed by atoms with Gasteiger partial charge in [-0.25, -0.2) is 58.3 Å². The summed E-state index contributed by atoms with van der Waals surface area (Å²) in [6.07, 6.45) is 16.4. The molecule has 5 aromatic heterocycles. The number of Topliss-reactive ketones (excluding diaryl/α,β-unsaturated/α-hetero) is 5. The van der Waals surface area contributed by atoms with Crippen LogP contribution in [-0.4, -0.2) is 140 Å². The molecular formula is C99H59F2N9O26S5. The molecule has 5 heterocycles. The van der Waals surface area contributed by atoms with Crippen molar-refractivity contribution in [3.05, 3.63) is 426 Å². The minimum Gasteiger partial charge on any atom is -0.286 e. The molecule has 42 heteroatoms. The molecule has 0 amide bonds. The predicted molar refractivity (Wildman–Crippen MR) is 504 cm³/mol. The van der Waals surface area contributed by atoms with Gasteiger partial charge in [-0.15, -0.1) is 0 Å². The van der Waals surface area contributed by atoms with Gasteiger partial charge in [0.1, 0.15) is 22.2 Å². The summed E-state index contributed by atoms with van der Waals surface area (Å²) in [5, 5.41) is 37.3. The second kappa shape index (κ2) is 38.1. The first-order chi connectivity index (χ1) is 67.2. The average molecular weight is 1990 g/mol. The summed E-state index contributed by atoms with van der Waals surface area (Å²) in [7, 11) is -21.4. The summed E-state index contributed by atoms with van der Waals surface area (Å²) in [5.74, 6) is -9.26. The van der Waals surface area contributed by atoms with Crippen LogP contribution in [0.3, 0.4) is 0 Å². The third kappa shape index (κ3) is 18.1. The van der Waals surface area contributed by atoms with Gasteiger partial charge in [0.05, 0.1) is 85.7 Å². The van der Waals surface area contributed by atoms with Gasteiger partial charge in [-0.1, -0.05) is 182 Å². The maximum Gasteiger partial charge on any atom is 0.289 e. The van der Waals surface area contributed by atoms with Crippen molar-refractivity contribution in [2.45, 2.75) is 24.5 Å². The van der Waals surface area contributed by atoms with Gasteiger partial charge in [0.2, 0.25) is 57.8 Å². The molecule has 0 N–H and O–H groups in total. The molecule has 700 valence electrons. The van der Waals surface area contributed by atoms with E-state index in [2.05, 4.69) is 5.10 Å². The number of nitro benzene ring substituents is 3. The number of rotatable bonds is 18. The molecule has 0 aliphatic heterocycles. The van der Waals surface area contributed by atoms with Crippen LogP contribution in [0.5, 0.6) is 0 Å². The third-order valence-corrected chi connectivity index (χ3v) is 30.4. The molecule has 5 aliphatic carbocycles. The number of benzene rings is 10. The Bertz CT molecular complexity index is 8730. The fourth-order valence-electron chi connectivity index (χ4n) is 15.4. The number of halogens is 2. The summed E-state index contributed by atoms with van der Waals surface area (Å²) in [4.78, 5) is 151. The zero-order valence-electron chi connectivity index (χ0n) is 71.5. The Morgan fingerprint density at radius 1 is 0.262 bits per heavy atom. The highest BCUT2D eigenvalue weighted by molar-refractivity contribution is 7.91. The van der Waals surface area contributed by atoms with Crippen LogP contribution in [0.2, 0.25) is 0 Å². The average Bonchev–Trinajstić information content (AvgIpc) is 1.61. The van der Waals surface area contributed by atoms with Crippen molar-refractivity contribution in [1.29, 1.82) is 0 Å². The van der Waals surface area contributed by atoms with Crippen LogP contribution in [0, 0.1) is 42.0 Å². The molecule has 0 saturated carbocycles. The third-order valence-electron chi connectivity index (χ3n) is 22.0. The number of hydrogen-bond acceptors (Lipinski definition) is 27. The zero-order valence-corrected chi connectivity index (χ0v) is 75.6. The lowest BCUT2D eigenvalue weighted by atomic mass is 9.94. The van der Waals surface area contributed by atoms with E-state index in [0.29, 0.717) is 43.0 Å². The molecule has 0 saturated heterocycles. The molecule has 141 heavy (non-hydrogen) atoms. The molecule has 0 spiro atoms. The number of carbonyl (C=O) groups is 10. The van der Waals surface area contributed by atoms with Crippen LogP contribution < -0.4 is 0 Å². The van der Waals surface area contributed by atoms with Gasteiger partial charge >= 0.3 is 0 Å². The normalized spacial score (nSPS) is 13.5. The van der Waals surface area contributed by atoms with E-state index < -0.39 is 150 Å². The number of aromatic nitrogens is 6. The number of non-ortho nitro benzene ring substituents is 2. The Kier molecular flexibility index (Phi) is 25.9. The van der Waals surface area contributed by atoms with Gasteiger partial charge < -0.3 is 0 Å². The Labute approximate surface area is 795 Å². The second-order valence-electron chi connectivity index (χ2n) is 30.5. The fourth-order valence-corrected chi connectivity index (χ4v) is 22.4. The van der Waals surface area contributed by atoms with Crippen molar-refractivity contribution in [3.63, 3.8) is 0 Å². The summed E-state index contributed by atoms with van der Waals surface area (Å²) in [5.41, 5.74) is 2.73. The van der Waals surface area contributed by atoms with Crippen molar-refractivity contribution >= 4 is 155 Å². The first kappa shape index (κ1) is 95.9. The molecule has 10 aromatic carbocycles. The number of para-hydroxylation sites is 1. The molecular weight excluding hydrogens is 1930 g/mol. The highest BCUT2D eigenvalue weighted by Gasteiger charge is 2.41. The van der Waals surface area contributed by atoms with E-state index in [1.54, 1.807) is 152 Å². The summed E-state index contributed by atoms with van der Waals surface area (Å²) in [6.45, 7) is 0. The topological polar surface area (TPSA) is 508 Å². The number of ketones is 10. The number of hydrogen-bond donors (Lipinski definition) is 0. The van der Waals surface area contributed by atoms with E-state index in [1.165, 1.54) is 97.6 Å². The fraction of sp³-hybridized carbons (Fsp3) is 0. The molecule has 0 atom stereocenters. The monoisotopic (exact) mass is 1990 g/mol. The number of nitrogens with zero attached hydrogens (tertiary/aromatic N) is 9. The van der Waals surface area contributed by atoms with Gasteiger partial charge in [0.15, 0.2) is 4.90 Å². The molecule has 35 nitrogen and oxygen atoms in total. The van der Waals surface area contributed by atoms with E-state index in [4.69, 9.17) is 0 Å². The van der Waals surface area contributed by atoms with E-state index in [9.17, 15) is 129 Å². The minimum atomic E-state index is -4.42. The van der Waals surface area contributed by atoms with Crippen LogP contribution in [0.1, 0.15) is 80.3 Å². The maximum absolute atomic E-state index is 14.1. The first-order valence-electron chi connectivity index (χ1n) is 41.0. The summed E-state index contributed by atoms with van der Waals surface area (Å²) >= 11 is 0. The molecule has 15 aromatic rings. The molecule has 0 unspecified atom stereocenters. The van der Waals surface area contributed by atoms with Crippen LogP contribution in [-0.2, 0) is 74.1 Å². The second-order valence-corrected chi connectivity index (χ2v) is 39.4. The van der Waals surface area contributed by atoms with Crippen molar-refractivity contribution in [3.8, 4) is 55.8 Å². The lowest BCUT2D eigenvalue weighted by Gasteiger charge is -2.11. The van der Waals surface area contributed by atoms with Gasteiger partial charge in [-0.3, -0.25) is 78.3 Å². The SMILES string of the molecule is O=C1C=Cc2c(c(-c3ccccc3)cn2S(=O)(=O)c2ccc(F)cc2)C1=O.O=C1C=Cc2c(c(-c3ccccc3)cn2S(=O)(=O)c2cccc([N+](=O)[O-])c2)C1=O.O=C1C=Cc2c(c(-c3ccccc3)cn2S(=O)(=O)c2ccccc2F)C1=O.O=C1C=Cc2c(c(-c3ccccc3)cn2S(=O)(=O)c2ccccc2[N+](=O)[O-])C1=O.O=C1C=Cc2c(c(-c3ccccc3)nn2S(=O)(=O)c2ccc([N+](=O)[O-])cc2)C1=O. The van der Waals surface area contributed by atoms with Crippen LogP contribution in [0.25, 0.3) is 86.1 Å². The zero-order chi connectivity index (χ0) is 101. The Morgan fingerprint density at radius 3 is 0.936 bits per heavy atom. The minimum absolute atomic E-state index is 0.00591. The quantitative estimate of drug-likeness (QED) is 0.0437. The van der Waals surface area contributed by atoms with Crippen LogP contribution >= 0.6 is 0 Å². The van der Waals surface area contributed by atoms with E-state index >= 15 is 0 Å². The van der Waals surface area contributed by atoms with E-state index in [-0.39, 0.29) is 99.2 Å². The lowest BCUT2D eigenvalue weighted by Crippen LogP contribution is -2.20. The highest BCUT2D eigenvalue weighted by atomic mass is 32.2. The Balaban J connectivity index is 0.000000127. The summed E-state index contributed by atoms with van der Waals surface area (Å²) in [6, 6.07) is 66.1. The van der Waals surface area contributed by atoms with Gasteiger partial charge in [0.25, 0.3) is 67.2 Å². The van der Waals surface area contributed by atoms with E-state index in [1.807, 2.05) is 0 Å². The Morgan fingerprint density at radius 2 is 0.567 bits per heavy atom. The number of nitro groups is 3. The number of allylic oxidation sites excluding steroid dienone is 5. The number of carbonyl (C=O) groups excluding carboxylic acids is 10. The first-order valence-corrected chi connectivity index (χ1v) is 48.2. The Hall–Kier alpha value is -18.3. The van der Waals surface area contributed by atoms with Crippen LogP contribution in [0.15, 0.2) is 353 Å². The van der Waals surface area contributed by atoms with Crippen molar-refractivity contribution < 1.29 is 114 Å². The predicted octanol–water partition coefficient (Wildman–Crippen LogP) is 15.3. The molecule has 0 bridgehead atoms. The molecule has 0 fully saturated rings. The number of fused-ring (bicyclic) bond motifs is 5. The van der Waals surface area contributed by atoms with Crippen LogP contribution in [0.4, 0.5) is 25.8 Å². The maximum atomic E-state index is 14.1. The smallest absolute Gasteiger partial charge is 0.286 e. The summed E-state index contributed by atoms with van der Waals surface area (Å²) < 4.78 is 163. The highest BCUT2D eigenvalue weighted by Crippen LogP contribution is 2.42. The largest absolute Gasteiger partial charge is 0.289 e. The molecule has 20 rings (SSSR count). The van der Waals surface area contributed by atoms with Gasteiger partial charge in [-0.2, -0.15) is 17.6 Å². The van der Waals surface area contributed by atoms with Crippen molar-refractivity contribution in [1.82, 2.24) is 25.1 Å². The molecule has 5 aliphatic rings. The lowest BCUT2D eigenvalue weighted by molar-refractivity contribution is -0.387. The van der Waals surface area contributed by atoms with Crippen molar-refractivity contribution in [2.24, 2.45) is 0 Å².